The molecule has 0 saturated heterocycles. The van der Waals surface area contributed by atoms with Crippen molar-refractivity contribution in [2.45, 2.75) is 92.0 Å². The molecule has 1 aromatic carbocycles. The Bertz CT molecular complexity index is 1820. The lowest BCUT2D eigenvalue weighted by Crippen LogP contribution is -2.51. The van der Waals surface area contributed by atoms with Gasteiger partial charge in [-0.15, -0.1) is 0 Å². The molecule has 0 fully saturated rings. The van der Waals surface area contributed by atoms with Crippen LogP contribution in [0.15, 0.2) is 34.0 Å². The van der Waals surface area contributed by atoms with Gasteiger partial charge in [-0.3, -0.25) is 34.2 Å². The van der Waals surface area contributed by atoms with Gasteiger partial charge in [0.2, 0.25) is 11.9 Å². The molecule has 53 heavy (non-hydrogen) atoms. The monoisotopic (exact) mass is 807 g/mol. The Balaban J connectivity index is 1.62. The highest BCUT2D eigenvalue weighted by Crippen LogP contribution is 2.34. The lowest BCUT2D eigenvalue weighted by molar-refractivity contribution is -0.187. The summed E-state index contributed by atoms with van der Waals surface area (Å²) >= 11 is 3.47. The van der Waals surface area contributed by atoms with Crippen molar-refractivity contribution in [2.75, 3.05) is 18.0 Å². The van der Waals surface area contributed by atoms with E-state index in [1.54, 1.807) is 12.1 Å². The summed E-state index contributed by atoms with van der Waals surface area (Å²) < 4.78 is 30.3. The summed E-state index contributed by atoms with van der Waals surface area (Å²) in [5.74, 6) is -7.59. The van der Waals surface area contributed by atoms with Crippen LogP contribution in [-0.4, -0.2) is 118 Å². The van der Waals surface area contributed by atoms with E-state index in [1.165, 1.54) is 38.1 Å². The Morgan fingerprint density at radius 1 is 0.660 bits per heavy atom. The first kappa shape index (κ1) is 41.9. The quantitative estimate of drug-likeness (QED) is 0.206. The van der Waals surface area contributed by atoms with Crippen LogP contribution < -0.4 is 4.90 Å². The molecule has 6 unspecified atom stereocenters. The zero-order valence-electron chi connectivity index (χ0n) is 30.0. The van der Waals surface area contributed by atoms with Crippen LogP contribution in [0.4, 0.5) is 5.69 Å². The fraction of sp³-hybridized carbons (Fsp3) is 0.485. The summed E-state index contributed by atoms with van der Waals surface area (Å²) in [7, 11) is 0. The molecule has 0 saturated carbocycles. The summed E-state index contributed by atoms with van der Waals surface area (Å²) in [5, 5.41) is 0. The Morgan fingerprint density at radius 2 is 1.09 bits per heavy atom. The number of fused-ring (bicyclic) bond motifs is 1. The normalized spacial score (nSPS) is 15.7. The van der Waals surface area contributed by atoms with Crippen molar-refractivity contribution in [1.29, 1.82) is 0 Å². The molecular formula is C33H38BrN5O14. The first-order valence-corrected chi connectivity index (χ1v) is 16.9. The standard InChI is InChI=1S/C33H38BrN5O14/c1-15(27(42)39(33-37-13-14-38(33)21(7)40)24-10-9-23-26(25(24)34)36-12-11-35-23)49-29(44)17(3)51-31(46)19(5)53-32(47)20(6)52-30(45)18(4)50-28(43)16(2)48-22(8)41/h9-12,15-20H,13-14H2,1-8H3. The average molecular weight is 809 g/mol. The van der Waals surface area contributed by atoms with E-state index in [2.05, 4.69) is 35.6 Å². The predicted molar refractivity (Wildman–Crippen MR) is 183 cm³/mol. The maximum atomic E-state index is 13.9. The first-order chi connectivity index (χ1) is 24.8. The molecule has 1 aliphatic rings. The van der Waals surface area contributed by atoms with E-state index in [0.717, 1.165) is 39.5 Å². The molecule has 1 aromatic heterocycles. The highest BCUT2D eigenvalue weighted by molar-refractivity contribution is 9.10. The Labute approximate surface area is 311 Å². The van der Waals surface area contributed by atoms with Crippen LogP contribution in [0.3, 0.4) is 0 Å². The summed E-state index contributed by atoms with van der Waals surface area (Å²) in [6, 6.07) is 3.17. The van der Waals surface area contributed by atoms with E-state index in [4.69, 9.17) is 23.7 Å². The number of nitrogens with zero attached hydrogens (tertiary/aromatic N) is 5. The van der Waals surface area contributed by atoms with Crippen molar-refractivity contribution < 1.29 is 66.8 Å². The number of aliphatic imine (C=N–C) groups is 1. The van der Waals surface area contributed by atoms with Crippen LogP contribution in [0.2, 0.25) is 0 Å². The minimum atomic E-state index is -1.60. The number of carbonyl (C=O) groups excluding carboxylic acids is 8. The average Bonchev–Trinajstić information content (AvgIpc) is 3.58. The Hall–Kier alpha value is -5.53. The molecule has 0 bridgehead atoms. The molecule has 0 aliphatic carbocycles. The second kappa shape index (κ2) is 18.3. The van der Waals surface area contributed by atoms with E-state index in [0.29, 0.717) is 15.5 Å². The number of hydrogen-bond donors (Lipinski definition) is 0. The first-order valence-electron chi connectivity index (χ1n) is 16.1. The molecule has 3 rings (SSSR count). The van der Waals surface area contributed by atoms with Crippen LogP contribution in [-0.2, 0) is 66.8 Å². The predicted octanol–water partition coefficient (Wildman–Crippen LogP) is 1.55. The van der Waals surface area contributed by atoms with Crippen molar-refractivity contribution in [3.63, 3.8) is 0 Å². The van der Waals surface area contributed by atoms with Gasteiger partial charge >= 0.3 is 35.8 Å². The third-order valence-corrected chi connectivity index (χ3v) is 8.01. The van der Waals surface area contributed by atoms with Gasteiger partial charge in [0.25, 0.3) is 5.91 Å². The third kappa shape index (κ3) is 10.7. The molecule has 19 nitrogen and oxygen atoms in total. The largest absolute Gasteiger partial charge is 0.451 e. The molecule has 0 radical (unpaired) electrons. The van der Waals surface area contributed by atoms with E-state index in [1.807, 2.05) is 0 Å². The Kier molecular flexibility index (Phi) is 14.5. The molecule has 2 heterocycles. The highest BCUT2D eigenvalue weighted by Gasteiger charge is 2.38. The van der Waals surface area contributed by atoms with E-state index in [-0.39, 0.29) is 30.6 Å². The smallest absolute Gasteiger partial charge is 0.347 e. The number of esters is 6. The highest BCUT2D eigenvalue weighted by atomic mass is 79.9. The van der Waals surface area contributed by atoms with Gasteiger partial charge in [0.05, 0.1) is 22.2 Å². The Morgan fingerprint density at radius 3 is 1.55 bits per heavy atom. The molecule has 0 spiro atoms. The van der Waals surface area contributed by atoms with E-state index < -0.39 is 78.3 Å². The second-order valence-electron chi connectivity index (χ2n) is 11.5. The lowest BCUT2D eigenvalue weighted by atomic mass is 10.2. The summed E-state index contributed by atoms with van der Waals surface area (Å²) in [6.45, 7) is 9.90. The van der Waals surface area contributed by atoms with E-state index in [9.17, 15) is 38.4 Å². The summed E-state index contributed by atoms with van der Waals surface area (Å²) in [6.07, 6.45) is -6.09. The third-order valence-electron chi connectivity index (χ3n) is 7.23. The number of carbonyl (C=O) groups is 8. The SMILES string of the molecule is CC(=O)OC(C)C(=O)OC(C)C(=O)OC(C)C(=O)OC(C)C(=O)OC(C)C(=O)OC(C)C(=O)N(C1=NCCN1C(C)=O)c1ccc2nccnc2c1Br. The molecular weight excluding hydrogens is 770 g/mol. The van der Waals surface area contributed by atoms with Crippen LogP contribution in [0.5, 0.6) is 0 Å². The maximum absolute atomic E-state index is 13.9. The summed E-state index contributed by atoms with van der Waals surface area (Å²) in [5.41, 5.74) is 1.15. The molecule has 1 aliphatic heterocycles. The van der Waals surface area contributed by atoms with Crippen LogP contribution in [0, 0.1) is 0 Å². The molecule has 2 aromatic rings. The summed E-state index contributed by atoms with van der Waals surface area (Å²) in [4.78, 5) is 115. The van der Waals surface area contributed by atoms with Gasteiger partial charge in [-0.25, -0.2) is 28.9 Å². The minimum absolute atomic E-state index is 0.00583. The van der Waals surface area contributed by atoms with Gasteiger partial charge in [-0.1, -0.05) is 0 Å². The van der Waals surface area contributed by atoms with Gasteiger partial charge in [-0.2, -0.15) is 0 Å². The number of guanidine groups is 1. The van der Waals surface area contributed by atoms with Gasteiger partial charge in [0.15, 0.2) is 36.6 Å². The van der Waals surface area contributed by atoms with Crippen LogP contribution in [0.1, 0.15) is 55.4 Å². The lowest BCUT2D eigenvalue weighted by Gasteiger charge is -2.30. The number of amides is 2. The molecule has 286 valence electrons. The van der Waals surface area contributed by atoms with Crippen LogP contribution in [0.25, 0.3) is 11.0 Å². The van der Waals surface area contributed by atoms with Gasteiger partial charge < -0.3 is 28.4 Å². The van der Waals surface area contributed by atoms with E-state index >= 15 is 0 Å². The number of rotatable bonds is 13. The van der Waals surface area contributed by atoms with Crippen molar-refractivity contribution in [3.8, 4) is 0 Å². The van der Waals surface area contributed by atoms with Crippen molar-refractivity contribution in [3.05, 3.63) is 29.0 Å². The number of aromatic nitrogens is 2. The van der Waals surface area contributed by atoms with Crippen molar-refractivity contribution in [2.24, 2.45) is 4.99 Å². The number of benzene rings is 1. The fourth-order valence-electron chi connectivity index (χ4n) is 4.49. The fourth-order valence-corrected chi connectivity index (χ4v) is 5.10. The molecule has 20 heteroatoms. The van der Waals surface area contributed by atoms with Crippen molar-refractivity contribution >= 4 is 86.2 Å². The topological polar surface area (TPSA) is 237 Å². The van der Waals surface area contributed by atoms with Crippen LogP contribution >= 0.6 is 15.9 Å². The second-order valence-corrected chi connectivity index (χ2v) is 12.3. The van der Waals surface area contributed by atoms with Gasteiger partial charge in [0.1, 0.15) is 5.52 Å². The van der Waals surface area contributed by atoms with Crippen molar-refractivity contribution in [1.82, 2.24) is 14.9 Å². The number of halogens is 1. The van der Waals surface area contributed by atoms with Gasteiger partial charge in [0, 0.05) is 32.8 Å². The molecule has 2 amide bonds. The number of anilines is 1. The molecule has 6 atom stereocenters. The molecule has 0 N–H and O–H groups in total. The maximum Gasteiger partial charge on any atom is 0.347 e. The van der Waals surface area contributed by atoms with Gasteiger partial charge in [-0.05, 0) is 69.6 Å². The zero-order chi connectivity index (χ0) is 39.7. The zero-order valence-corrected chi connectivity index (χ0v) is 31.6. The minimum Gasteiger partial charge on any atom is -0.451 e. The number of hydrogen-bond acceptors (Lipinski definition) is 17. The number of ether oxygens (including phenoxy) is 6.